The van der Waals surface area contributed by atoms with Crippen LogP contribution in [0.5, 0.6) is 0 Å². The molecule has 0 spiro atoms. The molecule has 92 valence electrons. The van der Waals surface area contributed by atoms with E-state index in [9.17, 15) is 4.79 Å². The number of nitrogens with two attached hydrogens (primary N) is 1. The summed E-state index contributed by atoms with van der Waals surface area (Å²) in [7, 11) is 0. The summed E-state index contributed by atoms with van der Waals surface area (Å²) < 4.78 is 0. The lowest BCUT2D eigenvalue weighted by atomic mass is 10.3. The Kier molecular flexibility index (Phi) is 5.15. The lowest BCUT2D eigenvalue weighted by Gasteiger charge is -2.27. The third-order valence-corrected chi connectivity index (χ3v) is 3.02. The molecule has 16 heavy (non-hydrogen) atoms. The summed E-state index contributed by atoms with van der Waals surface area (Å²) >= 11 is 4.89. The van der Waals surface area contributed by atoms with Gasteiger partial charge in [0, 0.05) is 25.7 Å². The molecule has 0 aromatic heterocycles. The second-order valence-corrected chi connectivity index (χ2v) is 5.08. The van der Waals surface area contributed by atoms with Gasteiger partial charge in [0.05, 0.1) is 11.5 Å². The highest BCUT2D eigenvalue weighted by atomic mass is 32.1. The number of carbonyl (C=O) groups excluding carboxylic acids is 1. The molecular weight excluding hydrogens is 222 g/mol. The lowest BCUT2D eigenvalue weighted by molar-refractivity contribution is -0.131. The Morgan fingerprint density at radius 3 is 2.38 bits per heavy atom. The van der Waals surface area contributed by atoms with Crippen LogP contribution in [0.25, 0.3) is 0 Å². The molecule has 0 radical (unpaired) electrons. The van der Waals surface area contributed by atoms with Crippen molar-refractivity contribution in [1.82, 2.24) is 9.80 Å². The van der Waals surface area contributed by atoms with Crippen molar-refractivity contribution in [2.45, 2.75) is 32.7 Å². The van der Waals surface area contributed by atoms with E-state index in [0.29, 0.717) is 18.1 Å². The first-order valence-corrected chi connectivity index (χ1v) is 6.21. The minimum Gasteiger partial charge on any atom is -0.392 e. The van der Waals surface area contributed by atoms with Gasteiger partial charge in [0.1, 0.15) is 0 Å². The second kappa shape index (κ2) is 6.15. The number of likely N-dealkylation sites (tertiary alicyclic amines) is 1. The van der Waals surface area contributed by atoms with Crippen LogP contribution in [0.3, 0.4) is 0 Å². The summed E-state index contributed by atoms with van der Waals surface area (Å²) in [5.74, 6) is 0.197. The van der Waals surface area contributed by atoms with Crippen molar-refractivity contribution in [3.8, 4) is 0 Å². The molecule has 0 aromatic carbocycles. The maximum Gasteiger partial charge on any atom is 0.236 e. The van der Waals surface area contributed by atoms with Gasteiger partial charge in [0.2, 0.25) is 5.91 Å². The molecule has 0 bridgehead atoms. The molecule has 5 heteroatoms. The van der Waals surface area contributed by atoms with Gasteiger partial charge in [-0.15, -0.1) is 0 Å². The van der Waals surface area contributed by atoms with E-state index in [0.717, 1.165) is 25.9 Å². The van der Waals surface area contributed by atoms with E-state index in [-0.39, 0.29) is 11.9 Å². The first kappa shape index (κ1) is 13.4. The molecule has 0 unspecified atom stereocenters. The Labute approximate surface area is 103 Å². The Hall–Kier alpha value is -0.680. The molecule has 1 aliphatic heterocycles. The van der Waals surface area contributed by atoms with Crippen LogP contribution in [0.2, 0.25) is 0 Å². The summed E-state index contributed by atoms with van der Waals surface area (Å²) in [5.41, 5.74) is 5.53. The molecule has 4 nitrogen and oxygen atoms in total. The monoisotopic (exact) mass is 243 g/mol. The van der Waals surface area contributed by atoms with Crippen molar-refractivity contribution in [1.29, 1.82) is 0 Å². The fourth-order valence-corrected chi connectivity index (χ4v) is 2.03. The van der Waals surface area contributed by atoms with Crippen molar-refractivity contribution in [3.05, 3.63) is 0 Å². The molecule has 0 saturated carbocycles. The molecule has 1 amide bonds. The van der Waals surface area contributed by atoms with Crippen LogP contribution in [0.1, 0.15) is 26.7 Å². The maximum atomic E-state index is 11.9. The van der Waals surface area contributed by atoms with Crippen molar-refractivity contribution < 1.29 is 4.79 Å². The highest BCUT2D eigenvalue weighted by molar-refractivity contribution is 7.80. The van der Waals surface area contributed by atoms with E-state index in [4.69, 9.17) is 18.0 Å². The average molecular weight is 243 g/mol. The van der Waals surface area contributed by atoms with Gasteiger partial charge in [-0.1, -0.05) is 12.2 Å². The molecule has 1 fully saturated rings. The number of hydrogen-bond donors (Lipinski definition) is 1. The number of thiocarbonyl (C=S) groups is 1. The summed E-state index contributed by atoms with van der Waals surface area (Å²) in [5, 5.41) is 0. The zero-order chi connectivity index (χ0) is 12.1. The van der Waals surface area contributed by atoms with Crippen LogP contribution < -0.4 is 5.73 Å². The minimum atomic E-state index is 0.197. The van der Waals surface area contributed by atoms with Gasteiger partial charge < -0.3 is 10.6 Å². The third kappa shape index (κ3) is 4.06. The molecule has 2 N–H and O–H groups in total. The maximum absolute atomic E-state index is 11.9. The highest BCUT2D eigenvalue weighted by Crippen LogP contribution is 2.09. The van der Waals surface area contributed by atoms with Crippen molar-refractivity contribution in [2.24, 2.45) is 5.73 Å². The topological polar surface area (TPSA) is 49.6 Å². The first-order valence-electron chi connectivity index (χ1n) is 5.81. The minimum absolute atomic E-state index is 0.197. The zero-order valence-corrected chi connectivity index (χ0v) is 10.9. The van der Waals surface area contributed by atoms with Crippen LogP contribution in [0, 0.1) is 0 Å². The normalized spacial score (nSPS) is 16.1. The van der Waals surface area contributed by atoms with E-state index in [1.54, 1.807) is 0 Å². The van der Waals surface area contributed by atoms with Crippen LogP contribution in [0.4, 0.5) is 0 Å². The summed E-state index contributed by atoms with van der Waals surface area (Å²) in [6.45, 7) is 6.85. The van der Waals surface area contributed by atoms with E-state index in [1.807, 2.05) is 9.80 Å². The number of rotatable bonds is 5. The fourth-order valence-electron chi connectivity index (χ4n) is 1.86. The number of hydrogen-bond acceptors (Lipinski definition) is 3. The van der Waals surface area contributed by atoms with Crippen LogP contribution in [-0.2, 0) is 4.79 Å². The van der Waals surface area contributed by atoms with E-state index < -0.39 is 0 Å². The fraction of sp³-hybridized carbons (Fsp3) is 0.818. The molecule has 1 heterocycles. The van der Waals surface area contributed by atoms with Crippen molar-refractivity contribution in [2.75, 3.05) is 26.2 Å². The van der Waals surface area contributed by atoms with Crippen LogP contribution in [0.15, 0.2) is 0 Å². The van der Waals surface area contributed by atoms with Gasteiger partial charge >= 0.3 is 0 Å². The first-order chi connectivity index (χ1) is 7.50. The van der Waals surface area contributed by atoms with Gasteiger partial charge in [0.15, 0.2) is 0 Å². The molecular formula is C11H21N3OS. The molecule has 1 saturated heterocycles. The van der Waals surface area contributed by atoms with Gasteiger partial charge in [0.25, 0.3) is 0 Å². The predicted octanol–water partition coefficient (Wildman–Crippen LogP) is 0.605. The Morgan fingerprint density at radius 1 is 1.38 bits per heavy atom. The van der Waals surface area contributed by atoms with E-state index in [1.165, 1.54) is 0 Å². The smallest absolute Gasteiger partial charge is 0.236 e. The summed E-state index contributed by atoms with van der Waals surface area (Å²) in [4.78, 5) is 16.3. The summed E-state index contributed by atoms with van der Waals surface area (Å²) in [6, 6.07) is 0.285. The van der Waals surface area contributed by atoms with Gasteiger partial charge in [-0.3, -0.25) is 9.69 Å². The number of carbonyl (C=O) groups is 1. The standard InChI is InChI=1S/C11H21N3OS/c1-9(2)14(7-10(12)16)8-11(15)13-5-3-4-6-13/h9H,3-8H2,1-2H3,(H2,12,16). The lowest BCUT2D eigenvalue weighted by Crippen LogP contribution is -2.45. The summed E-state index contributed by atoms with van der Waals surface area (Å²) in [6.07, 6.45) is 2.26. The van der Waals surface area contributed by atoms with Gasteiger partial charge in [-0.2, -0.15) is 0 Å². The Balaban J connectivity index is 2.46. The predicted molar refractivity (Wildman–Crippen MR) is 69.3 cm³/mol. The Morgan fingerprint density at radius 2 is 1.94 bits per heavy atom. The third-order valence-electron chi connectivity index (χ3n) is 2.89. The van der Waals surface area contributed by atoms with Crippen LogP contribution in [-0.4, -0.2) is 52.9 Å². The molecule has 1 aliphatic rings. The van der Waals surface area contributed by atoms with Gasteiger partial charge in [-0.05, 0) is 26.7 Å². The van der Waals surface area contributed by atoms with Crippen molar-refractivity contribution in [3.63, 3.8) is 0 Å². The van der Waals surface area contributed by atoms with E-state index >= 15 is 0 Å². The molecule has 0 aromatic rings. The van der Waals surface area contributed by atoms with E-state index in [2.05, 4.69) is 13.8 Å². The second-order valence-electron chi connectivity index (χ2n) is 4.55. The van der Waals surface area contributed by atoms with Crippen LogP contribution >= 0.6 is 12.2 Å². The Bertz CT molecular complexity index is 262. The highest BCUT2D eigenvalue weighted by Gasteiger charge is 2.21. The van der Waals surface area contributed by atoms with Crippen molar-refractivity contribution >= 4 is 23.1 Å². The SMILES string of the molecule is CC(C)N(CC(=O)N1CCCC1)CC(N)=S. The zero-order valence-electron chi connectivity index (χ0n) is 10.1. The van der Waals surface area contributed by atoms with Gasteiger partial charge in [-0.25, -0.2) is 0 Å². The molecule has 0 atom stereocenters. The average Bonchev–Trinajstić information content (AvgIpc) is 2.68. The largest absolute Gasteiger partial charge is 0.392 e. The molecule has 1 rings (SSSR count). The number of amides is 1. The molecule has 0 aliphatic carbocycles. The number of nitrogens with zero attached hydrogens (tertiary/aromatic N) is 2. The quantitative estimate of drug-likeness (QED) is 0.719.